The average Bonchev–Trinajstić information content (AvgIpc) is 2.51. The summed E-state index contributed by atoms with van der Waals surface area (Å²) in [5.74, 6) is 1.30. The largest absolute Gasteiger partial charge is 0.383 e. The van der Waals surface area contributed by atoms with Crippen LogP contribution in [0.5, 0.6) is 0 Å². The summed E-state index contributed by atoms with van der Waals surface area (Å²) in [7, 11) is -3.40. The summed E-state index contributed by atoms with van der Waals surface area (Å²) in [6.45, 7) is 9.40. The van der Waals surface area contributed by atoms with E-state index in [1.54, 1.807) is 4.68 Å². The van der Waals surface area contributed by atoms with Crippen LogP contribution in [0.15, 0.2) is 4.90 Å². The Bertz CT molecular complexity index is 532. The van der Waals surface area contributed by atoms with Crippen molar-refractivity contribution in [3.05, 3.63) is 0 Å². The highest BCUT2D eigenvalue weighted by molar-refractivity contribution is 7.91. The summed E-state index contributed by atoms with van der Waals surface area (Å²) in [6, 6.07) is 0. The number of nitrogens with one attached hydrogen (secondary N) is 1. The molecule has 3 N–H and O–H groups in total. The minimum Gasteiger partial charge on any atom is -0.383 e. The summed E-state index contributed by atoms with van der Waals surface area (Å²) < 4.78 is 25.2. The van der Waals surface area contributed by atoms with Crippen molar-refractivity contribution in [2.75, 3.05) is 23.9 Å². The monoisotopic (exact) mass is 288 g/mol. The fraction of sp³-hybridized carbons (Fsp3) is 0.750. The molecular weight excluding hydrogens is 264 g/mol. The molecule has 0 spiro atoms. The lowest BCUT2D eigenvalue weighted by atomic mass is 10.2. The van der Waals surface area contributed by atoms with Crippen LogP contribution in [0.2, 0.25) is 0 Å². The quantitative estimate of drug-likeness (QED) is 0.829. The van der Waals surface area contributed by atoms with E-state index in [0.717, 1.165) is 6.26 Å². The molecule has 1 aromatic heterocycles. The maximum Gasteiger partial charge on any atom is 0.182 e. The molecule has 0 aliphatic rings. The van der Waals surface area contributed by atoms with Gasteiger partial charge in [-0.25, -0.2) is 13.1 Å². The van der Waals surface area contributed by atoms with E-state index >= 15 is 0 Å². The molecule has 0 radical (unpaired) electrons. The van der Waals surface area contributed by atoms with Gasteiger partial charge in [0.15, 0.2) is 20.6 Å². The first kappa shape index (κ1) is 15.8. The molecule has 6 nitrogen and oxygen atoms in total. The van der Waals surface area contributed by atoms with E-state index in [0.29, 0.717) is 30.7 Å². The van der Waals surface area contributed by atoms with Gasteiger partial charge >= 0.3 is 0 Å². The third kappa shape index (κ3) is 4.12. The lowest BCUT2D eigenvalue weighted by molar-refractivity contribution is 0.488. The van der Waals surface area contributed by atoms with Gasteiger partial charge in [0.25, 0.3) is 0 Å². The Balaban J connectivity index is 3.20. The van der Waals surface area contributed by atoms with Gasteiger partial charge in [-0.15, -0.1) is 0 Å². The molecule has 0 bridgehead atoms. The molecule has 7 heteroatoms. The Morgan fingerprint density at radius 3 is 2.26 bits per heavy atom. The third-order valence-electron chi connectivity index (χ3n) is 2.53. The molecule has 0 atom stereocenters. The first-order chi connectivity index (χ1) is 8.62. The maximum atomic E-state index is 11.8. The SMILES string of the molecule is CC(C)CNc1nn(CC(C)C)c(N)c1S(C)(=O)=O. The molecule has 0 aliphatic heterocycles. The Morgan fingerprint density at radius 1 is 1.26 bits per heavy atom. The number of nitrogen functional groups attached to an aromatic ring is 1. The second-order valence-electron chi connectivity index (χ2n) is 5.69. The highest BCUT2D eigenvalue weighted by Gasteiger charge is 2.24. The summed E-state index contributed by atoms with van der Waals surface area (Å²) >= 11 is 0. The molecule has 1 heterocycles. The lowest BCUT2D eigenvalue weighted by Crippen LogP contribution is -2.11. The van der Waals surface area contributed by atoms with E-state index < -0.39 is 9.84 Å². The molecule has 0 fully saturated rings. The Labute approximate surface area is 115 Å². The number of anilines is 2. The van der Waals surface area contributed by atoms with Crippen LogP contribution >= 0.6 is 0 Å². The van der Waals surface area contributed by atoms with Gasteiger partial charge in [-0.05, 0) is 11.8 Å². The van der Waals surface area contributed by atoms with E-state index in [1.807, 2.05) is 27.7 Å². The van der Waals surface area contributed by atoms with Gasteiger partial charge in [0.05, 0.1) is 0 Å². The van der Waals surface area contributed by atoms with E-state index in [2.05, 4.69) is 10.4 Å². The molecule has 0 amide bonds. The molecule has 0 unspecified atom stereocenters. The predicted octanol–water partition coefficient (Wildman–Crippen LogP) is 1.59. The van der Waals surface area contributed by atoms with Gasteiger partial charge in [0.1, 0.15) is 5.82 Å². The van der Waals surface area contributed by atoms with Gasteiger partial charge in [0, 0.05) is 19.3 Å². The van der Waals surface area contributed by atoms with Gasteiger partial charge in [-0.3, -0.25) is 0 Å². The van der Waals surface area contributed by atoms with Crippen molar-refractivity contribution in [2.24, 2.45) is 11.8 Å². The van der Waals surface area contributed by atoms with Crippen molar-refractivity contribution in [2.45, 2.75) is 39.1 Å². The van der Waals surface area contributed by atoms with Crippen LogP contribution in [0, 0.1) is 11.8 Å². The first-order valence-corrected chi connectivity index (χ1v) is 8.32. The molecule has 0 aliphatic carbocycles. The fourth-order valence-electron chi connectivity index (χ4n) is 1.73. The van der Waals surface area contributed by atoms with E-state index in [1.165, 1.54) is 0 Å². The summed E-state index contributed by atoms with van der Waals surface area (Å²) in [4.78, 5) is 0.105. The zero-order valence-corrected chi connectivity index (χ0v) is 13.1. The first-order valence-electron chi connectivity index (χ1n) is 6.43. The highest BCUT2D eigenvalue weighted by Crippen LogP contribution is 2.27. The number of sulfone groups is 1. The minimum atomic E-state index is -3.40. The van der Waals surface area contributed by atoms with E-state index in [9.17, 15) is 8.42 Å². The van der Waals surface area contributed by atoms with Crippen molar-refractivity contribution >= 4 is 21.5 Å². The molecule has 0 aromatic carbocycles. The van der Waals surface area contributed by atoms with Gasteiger partial charge in [0.2, 0.25) is 0 Å². The molecule has 19 heavy (non-hydrogen) atoms. The predicted molar refractivity (Wildman–Crippen MR) is 77.9 cm³/mol. The maximum absolute atomic E-state index is 11.8. The molecule has 1 aromatic rings. The number of hydrogen-bond acceptors (Lipinski definition) is 5. The number of nitrogens with two attached hydrogens (primary N) is 1. The molecule has 0 saturated heterocycles. The summed E-state index contributed by atoms with van der Waals surface area (Å²) in [6.07, 6.45) is 1.15. The number of rotatable bonds is 6. The summed E-state index contributed by atoms with van der Waals surface area (Å²) in [5, 5.41) is 7.35. The molecule has 110 valence electrons. The van der Waals surface area contributed by atoms with Crippen LogP contribution in [0.1, 0.15) is 27.7 Å². The molecule has 1 rings (SSSR count). The van der Waals surface area contributed by atoms with Crippen molar-refractivity contribution in [1.82, 2.24) is 9.78 Å². The average molecular weight is 288 g/mol. The summed E-state index contributed by atoms with van der Waals surface area (Å²) in [5.41, 5.74) is 5.93. The number of nitrogens with zero attached hydrogens (tertiary/aromatic N) is 2. The van der Waals surface area contributed by atoms with Crippen LogP contribution in [0.25, 0.3) is 0 Å². The molecule has 0 saturated carbocycles. The topological polar surface area (TPSA) is 90.0 Å². The third-order valence-corrected chi connectivity index (χ3v) is 3.68. The normalized spacial score (nSPS) is 12.4. The smallest absolute Gasteiger partial charge is 0.182 e. The Hall–Kier alpha value is -1.24. The highest BCUT2D eigenvalue weighted by atomic mass is 32.2. The van der Waals surface area contributed by atoms with Gasteiger partial charge in [-0.2, -0.15) is 5.10 Å². The van der Waals surface area contributed by atoms with Crippen molar-refractivity contribution in [3.63, 3.8) is 0 Å². The standard InChI is InChI=1S/C12H24N4O2S/c1-8(2)6-14-12-10(19(5,17)18)11(13)16(15-12)7-9(3)4/h8-9H,6-7,13H2,1-5H3,(H,14,15). The van der Waals surface area contributed by atoms with Crippen molar-refractivity contribution in [1.29, 1.82) is 0 Å². The fourth-order valence-corrected chi connectivity index (χ4v) is 2.68. The van der Waals surface area contributed by atoms with Crippen LogP contribution in [0.4, 0.5) is 11.6 Å². The van der Waals surface area contributed by atoms with Crippen LogP contribution < -0.4 is 11.1 Å². The Morgan fingerprint density at radius 2 is 1.84 bits per heavy atom. The van der Waals surface area contributed by atoms with E-state index in [4.69, 9.17) is 5.73 Å². The zero-order valence-electron chi connectivity index (χ0n) is 12.3. The number of aromatic nitrogens is 2. The van der Waals surface area contributed by atoms with Crippen molar-refractivity contribution in [3.8, 4) is 0 Å². The van der Waals surface area contributed by atoms with Gasteiger partial charge in [-0.1, -0.05) is 27.7 Å². The van der Waals surface area contributed by atoms with Crippen LogP contribution in [-0.4, -0.2) is 31.0 Å². The van der Waals surface area contributed by atoms with Crippen LogP contribution in [0.3, 0.4) is 0 Å². The van der Waals surface area contributed by atoms with Crippen molar-refractivity contribution < 1.29 is 8.42 Å². The van der Waals surface area contributed by atoms with E-state index in [-0.39, 0.29) is 10.7 Å². The number of hydrogen-bond donors (Lipinski definition) is 2. The zero-order chi connectivity index (χ0) is 14.8. The van der Waals surface area contributed by atoms with Gasteiger partial charge < -0.3 is 11.1 Å². The Kier molecular flexibility index (Phi) is 4.84. The lowest BCUT2D eigenvalue weighted by Gasteiger charge is -2.07. The minimum absolute atomic E-state index is 0.105. The second-order valence-corrected chi connectivity index (χ2v) is 7.64. The van der Waals surface area contributed by atoms with Crippen LogP contribution in [-0.2, 0) is 16.4 Å². The second kappa shape index (κ2) is 5.81. The molecular formula is C12H24N4O2S.